The molecule has 42 nitrogen and oxygen atoms in total. The van der Waals surface area contributed by atoms with Gasteiger partial charge in [-0.1, -0.05) is 154 Å². The number of hydrogen-bond donors (Lipinski definition) is 20. The lowest BCUT2D eigenvalue weighted by molar-refractivity contribution is -0.143. The Morgan fingerprint density at radius 1 is 0.474 bits per heavy atom. The minimum atomic E-state index is -2.09. The zero-order chi connectivity index (χ0) is 101. The van der Waals surface area contributed by atoms with Crippen molar-refractivity contribution < 1.29 is 111 Å². The predicted molar refractivity (Wildman–Crippen MR) is 497 cm³/mol. The van der Waals surface area contributed by atoms with Gasteiger partial charge < -0.3 is 121 Å². The number of primary amides is 2. The van der Waals surface area contributed by atoms with Gasteiger partial charge in [0.05, 0.1) is 25.2 Å². The average Bonchev–Trinajstić information content (AvgIpc) is 1.81. The van der Waals surface area contributed by atoms with E-state index in [-0.39, 0.29) is 49.5 Å². The predicted octanol–water partition coefficient (Wildman–Crippen LogP) is -1.82. The van der Waals surface area contributed by atoms with Gasteiger partial charge in [0, 0.05) is 55.7 Å². The van der Waals surface area contributed by atoms with E-state index in [9.17, 15) is 77.6 Å². The van der Waals surface area contributed by atoms with E-state index >= 15 is 28.8 Å². The van der Waals surface area contributed by atoms with Crippen molar-refractivity contribution in [3.63, 3.8) is 0 Å². The van der Waals surface area contributed by atoms with Gasteiger partial charge in [-0.15, -0.1) is 11.8 Å². The number of aliphatic hydroxyl groups excluding tert-OH is 1. The number of para-hydroxylation sites is 1. The van der Waals surface area contributed by atoms with Crippen LogP contribution in [0.4, 0.5) is 0 Å². The van der Waals surface area contributed by atoms with Crippen molar-refractivity contribution in [1.82, 2.24) is 89.2 Å². The Hall–Kier alpha value is -13.6. The molecule has 2 heterocycles. The van der Waals surface area contributed by atoms with Crippen molar-refractivity contribution in [2.24, 2.45) is 41.1 Å². The Morgan fingerprint density at radius 3 is 1.39 bits per heavy atom. The molecule has 17 amide bonds. The standard InChI is InChI=1S/C92H129N19O23S/c1-46(2)33-61-80(121)102-66(38-71(93)113)82(123)99-62(34-47(3)4)84(125)107-76(49(7)8)91(132)105-69(42-112)88(129)106-70(89(130)96-51(11)78(94)119)44-135-45-72(114)97-68(41-110(13)14)87(128)100-63(36-54-27-31-58(32-28-54)134-43-74(117)118)81(122)103-67(39-73(115)116)83(124)101-65(37-57-40-95-60-24-20-19-23-59(57)60)86(127)108-75(48(5)6)90(131)104-64(35-53-25-29-56(30-26-53)55-21-17-16-18-22-55)85(126)109-77(50(9)10)92(133)111(15)52(12)79(120)98-61/h16-32,40,46-52,61-70,75-77,95,112H,33-39,41-45H2,1-15H3,(H2,93,113)(H2,94,119)(H,96,130)(H,97,114)(H,98,120)(H,99,123)(H,100,128)(H,101,124)(H,102,121)(H,103,122)(H,104,131)(H,105,132)(H,106,129)(H,107,125)(H,108,127)(H,109,126)(H,115,116)(H,117,118)/t51-,52-,61+,62-,63-,64-,65-,66-,67-,68-,69-,70-,75-,76-,77-/m0/s1. The summed E-state index contributed by atoms with van der Waals surface area (Å²) in [5, 5.41) is 66.8. The Bertz CT molecular complexity index is 5010. The molecule has 0 bridgehead atoms. The van der Waals surface area contributed by atoms with Gasteiger partial charge in [-0.3, -0.25) is 86.3 Å². The lowest BCUT2D eigenvalue weighted by Crippen LogP contribution is -2.62. The highest BCUT2D eigenvalue weighted by Gasteiger charge is 2.42. The number of rotatable bonds is 27. The molecular formula is C92H129N19O23S. The summed E-state index contributed by atoms with van der Waals surface area (Å²) in [6, 6.07) is 4.00. The number of fused-ring (bicyclic) bond motifs is 1. The summed E-state index contributed by atoms with van der Waals surface area (Å²) in [6.45, 7) is 16.5. The highest BCUT2D eigenvalue weighted by molar-refractivity contribution is 8.00. The zero-order valence-electron chi connectivity index (χ0n) is 78.4. The number of carbonyl (C=O) groups excluding carboxylic acids is 17. The maximum Gasteiger partial charge on any atom is 0.341 e. The van der Waals surface area contributed by atoms with Crippen LogP contribution in [0.5, 0.6) is 5.75 Å². The first kappa shape index (κ1) is 110. The molecule has 1 saturated heterocycles. The number of aliphatic carboxylic acids is 2. The Morgan fingerprint density at radius 2 is 0.896 bits per heavy atom. The van der Waals surface area contributed by atoms with Gasteiger partial charge in [-0.2, -0.15) is 0 Å². The fourth-order valence-electron chi connectivity index (χ4n) is 14.4. The first-order valence-electron chi connectivity index (χ1n) is 44.3. The third-order valence-corrected chi connectivity index (χ3v) is 23.0. The van der Waals surface area contributed by atoms with Crippen LogP contribution in [0.1, 0.15) is 125 Å². The topological polar surface area (TPSA) is 637 Å². The van der Waals surface area contributed by atoms with Crippen molar-refractivity contribution in [3.8, 4) is 16.9 Å². The molecule has 0 radical (unpaired) electrons. The number of amides is 17. The normalized spacial score (nSPS) is 23.4. The van der Waals surface area contributed by atoms with Crippen molar-refractivity contribution >= 4 is 135 Å². The van der Waals surface area contributed by atoms with Crippen LogP contribution in [-0.2, 0) is 110 Å². The van der Waals surface area contributed by atoms with Gasteiger partial charge in [0.15, 0.2) is 6.61 Å². The highest BCUT2D eigenvalue weighted by Crippen LogP contribution is 2.24. The van der Waals surface area contributed by atoms with Crippen LogP contribution >= 0.6 is 11.8 Å². The van der Waals surface area contributed by atoms with E-state index in [2.05, 4.69) is 79.4 Å². The van der Waals surface area contributed by atoms with Crippen LogP contribution in [-0.4, -0.2) is 285 Å². The van der Waals surface area contributed by atoms with Gasteiger partial charge in [0.1, 0.15) is 96.4 Å². The molecule has 1 aromatic heterocycles. The van der Waals surface area contributed by atoms with Crippen LogP contribution in [0.25, 0.3) is 22.0 Å². The Labute approximate surface area is 786 Å². The lowest BCUT2D eigenvalue weighted by atomic mass is 9.97. The second-order valence-corrected chi connectivity index (χ2v) is 36.5. The van der Waals surface area contributed by atoms with Gasteiger partial charge in [0.25, 0.3) is 0 Å². The molecule has 6 rings (SSSR count). The fraction of sp³-hybridized carbons (Fsp3) is 0.511. The largest absolute Gasteiger partial charge is 0.482 e. The number of aliphatic hydroxyl groups is 1. The van der Waals surface area contributed by atoms with Crippen molar-refractivity contribution in [2.75, 3.05) is 52.4 Å². The number of H-pyrrole nitrogens is 1. The Kier molecular flexibility index (Phi) is 43.1. The number of nitrogens with one attached hydrogen (secondary N) is 15. The molecule has 1 aliphatic rings. The SMILES string of the molecule is CC(C)C[C@@H]1NC(=O)[C@H](CC(N)=O)NC(=O)[C@@H](CC(C)C)NC(=O)[C@H](C)N(C)C(=O)[C@H](C(C)C)NC(=O)[C@H](Cc2ccc(-c3ccccc3)cc2)NC(=O)[C@H](C(C)C)NC(=O)[C@H](Cc2c[nH]c3ccccc23)NC(=O)[C@H](CC(=O)O)NC(=O)[C@H](Cc2ccc(OCC(=O)O)cc2)NC(=O)[C@H](CN(C)C)NC(=O)CSC[C@@H](C(=O)N[C@@H](C)C(N)=O)NC(=O)[C@H](CO)NC(=O)[C@H](C(C)C)NC1=O. The number of nitrogens with two attached hydrogens (primary N) is 2. The number of benzene rings is 4. The number of carboxylic acid groups (broad SMARTS) is 2. The summed E-state index contributed by atoms with van der Waals surface area (Å²) in [5.74, 6) is -25.0. The number of carbonyl (C=O) groups is 19. The quantitative estimate of drug-likeness (QED) is 0.0275. The molecule has 15 atom stereocenters. The number of likely N-dealkylation sites (N-methyl/N-ethyl adjacent to an activating group) is 2. The van der Waals surface area contributed by atoms with Gasteiger partial charge in [-0.25, -0.2) is 4.79 Å². The molecule has 22 N–H and O–H groups in total. The number of carboxylic acids is 2. The van der Waals surface area contributed by atoms with Crippen LogP contribution in [0.15, 0.2) is 109 Å². The fourth-order valence-corrected chi connectivity index (χ4v) is 15.2. The maximum absolute atomic E-state index is 15.4. The number of aromatic nitrogens is 1. The molecule has 1 aliphatic heterocycles. The molecule has 5 aromatic rings. The molecule has 43 heteroatoms. The summed E-state index contributed by atoms with van der Waals surface area (Å²) in [7, 11) is 4.31. The van der Waals surface area contributed by atoms with Crippen LogP contribution in [0.2, 0.25) is 0 Å². The number of aromatic amines is 1. The lowest BCUT2D eigenvalue weighted by Gasteiger charge is -2.33. The summed E-state index contributed by atoms with van der Waals surface area (Å²) in [6.07, 6.45) is -1.84. The van der Waals surface area contributed by atoms with Crippen molar-refractivity contribution in [1.29, 1.82) is 0 Å². The van der Waals surface area contributed by atoms with Gasteiger partial charge in [-0.05, 0) is 116 Å². The molecule has 736 valence electrons. The summed E-state index contributed by atoms with van der Waals surface area (Å²) < 4.78 is 5.31. The van der Waals surface area contributed by atoms with E-state index < -0.39 is 271 Å². The minimum absolute atomic E-state index is 0.0637. The third kappa shape index (κ3) is 35.1. The maximum atomic E-state index is 15.4. The van der Waals surface area contributed by atoms with E-state index in [1.807, 2.05) is 30.3 Å². The van der Waals surface area contributed by atoms with Crippen molar-refractivity contribution in [2.45, 2.75) is 219 Å². The molecule has 0 unspecified atom stereocenters. The number of hydrogen-bond acceptors (Lipinski definition) is 23. The molecular weight excluding hydrogens is 1770 g/mol. The van der Waals surface area contributed by atoms with E-state index in [0.29, 0.717) is 33.8 Å². The second-order valence-electron chi connectivity index (χ2n) is 35.5. The number of thioether (sulfide) groups is 1. The molecule has 1 fully saturated rings. The molecule has 0 saturated carbocycles. The Balaban J connectivity index is 1.48. The summed E-state index contributed by atoms with van der Waals surface area (Å²) in [4.78, 5) is 276. The van der Waals surface area contributed by atoms with Crippen molar-refractivity contribution in [3.05, 3.63) is 126 Å². The average molecular weight is 1900 g/mol. The van der Waals surface area contributed by atoms with E-state index in [0.717, 1.165) is 16.0 Å². The number of ether oxygens (including phenoxy) is 1. The summed E-state index contributed by atoms with van der Waals surface area (Å²) in [5.41, 5.74) is 14.5. The van der Waals surface area contributed by atoms with Crippen LogP contribution in [0, 0.1) is 29.6 Å². The van der Waals surface area contributed by atoms with E-state index in [1.54, 1.807) is 110 Å². The van der Waals surface area contributed by atoms with Gasteiger partial charge in [0.2, 0.25) is 100 Å². The smallest absolute Gasteiger partial charge is 0.341 e. The molecule has 0 aliphatic carbocycles. The molecule has 135 heavy (non-hydrogen) atoms. The summed E-state index contributed by atoms with van der Waals surface area (Å²) >= 11 is 0.684. The first-order chi connectivity index (χ1) is 63.5. The van der Waals surface area contributed by atoms with Crippen LogP contribution in [0.3, 0.4) is 0 Å². The highest BCUT2D eigenvalue weighted by atomic mass is 32.2. The molecule has 0 spiro atoms. The first-order valence-corrected chi connectivity index (χ1v) is 45.5. The zero-order valence-corrected chi connectivity index (χ0v) is 79.2. The molecule has 4 aromatic carbocycles. The second kappa shape index (κ2) is 52.8. The van der Waals surface area contributed by atoms with Crippen LogP contribution < -0.4 is 90.6 Å². The third-order valence-electron chi connectivity index (χ3n) is 21.9. The van der Waals surface area contributed by atoms with Gasteiger partial charge >= 0.3 is 11.9 Å². The minimum Gasteiger partial charge on any atom is -0.482 e. The number of nitrogens with zero attached hydrogens (tertiary/aromatic N) is 2. The van der Waals surface area contributed by atoms with E-state index in [4.69, 9.17) is 16.2 Å². The monoisotopic (exact) mass is 1900 g/mol. The van der Waals surface area contributed by atoms with E-state index in [1.165, 1.54) is 78.0 Å².